The van der Waals surface area contributed by atoms with Gasteiger partial charge in [0.2, 0.25) is 0 Å². The van der Waals surface area contributed by atoms with Crippen LogP contribution in [0.3, 0.4) is 0 Å². The summed E-state index contributed by atoms with van der Waals surface area (Å²) in [5.41, 5.74) is 8.11. The van der Waals surface area contributed by atoms with E-state index in [0.717, 1.165) is 55.9 Å². The molecule has 3 saturated heterocycles. The van der Waals surface area contributed by atoms with Crippen LogP contribution >= 0.6 is 11.3 Å². The van der Waals surface area contributed by atoms with Crippen LogP contribution in [0.25, 0.3) is 32.2 Å². The Bertz CT molecular complexity index is 1870. The lowest BCUT2D eigenvalue weighted by Gasteiger charge is -2.47. The van der Waals surface area contributed by atoms with Gasteiger partial charge in [-0.05, 0) is 64.4 Å². The molecule has 3 N–H and O–H groups in total. The van der Waals surface area contributed by atoms with Crippen molar-refractivity contribution in [3.8, 4) is 23.3 Å². The zero-order valence-corrected chi connectivity index (χ0v) is 27.5. The van der Waals surface area contributed by atoms with Gasteiger partial charge < -0.3 is 30.2 Å². The number of benzene rings is 1. The van der Waals surface area contributed by atoms with Gasteiger partial charge in [0.15, 0.2) is 0 Å². The molecule has 3 aromatic heterocycles. The molecule has 0 amide bonds. The summed E-state index contributed by atoms with van der Waals surface area (Å²) >= 11 is 1.07. The number of nitriles is 1. The molecule has 2 unspecified atom stereocenters. The number of anilines is 2. The van der Waals surface area contributed by atoms with Crippen molar-refractivity contribution in [3.05, 3.63) is 35.8 Å². The highest BCUT2D eigenvalue weighted by molar-refractivity contribution is 7.23. The zero-order chi connectivity index (χ0) is 32.3. The van der Waals surface area contributed by atoms with Crippen molar-refractivity contribution in [1.29, 1.82) is 5.26 Å². The minimum Gasteiger partial charge on any atom is -0.463 e. The van der Waals surface area contributed by atoms with Gasteiger partial charge in [-0.2, -0.15) is 15.2 Å². The van der Waals surface area contributed by atoms with Crippen molar-refractivity contribution in [2.75, 3.05) is 71.3 Å². The first-order valence-corrected chi connectivity index (χ1v) is 17.1. The normalized spacial score (nSPS) is 23.0. The quantitative estimate of drug-likeness (QED) is 0.247. The van der Waals surface area contributed by atoms with Crippen molar-refractivity contribution in [2.24, 2.45) is 5.41 Å². The maximum absolute atomic E-state index is 14.8. The molecular weight excluding hydrogens is 619 g/mol. The molecule has 2 atom stereocenters. The standard InChI is InChI=1S/C34H39FN8O3S/c1-42(2)34(8-3-9-34)15-39-31-24-12-38-26(22-6-7-25(35)29-28(22)23(11-36)30(37)47-29)10-27(24)40-32(41-31)46-19-33(17-45-18-33)16-43-20-4-5-21(43)14-44-13-20/h6-7,10,12,20-21H,3-5,8-9,13-19,37H2,1-2H3,(H,39,40,41). The molecule has 4 aromatic rings. The Morgan fingerprint density at radius 2 is 1.98 bits per heavy atom. The van der Waals surface area contributed by atoms with Gasteiger partial charge in [-0.1, -0.05) is 0 Å². The maximum atomic E-state index is 14.8. The Kier molecular flexibility index (Phi) is 7.69. The molecule has 4 aliphatic rings. The summed E-state index contributed by atoms with van der Waals surface area (Å²) in [7, 11) is 4.25. The highest BCUT2D eigenvalue weighted by atomic mass is 32.1. The van der Waals surface area contributed by atoms with Crippen LogP contribution in [0.15, 0.2) is 24.4 Å². The molecule has 0 spiro atoms. The lowest BCUT2D eigenvalue weighted by molar-refractivity contribution is -0.158. The van der Waals surface area contributed by atoms with Gasteiger partial charge in [-0.15, -0.1) is 11.3 Å². The summed E-state index contributed by atoms with van der Waals surface area (Å²) in [5.74, 6) is 0.237. The lowest BCUT2D eigenvalue weighted by atomic mass is 9.75. The average Bonchev–Trinajstić information content (AvgIpc) is 3.46. The Balaban J connectivity index is 1.14. The zero-order valence-electron chi connectivity index (χ0n) is 26.7. The summed E-state index contributed by atoms with van der Waals surface area (Å²) in [6.07, 6.45) is 7.50. The monoisotopic (exact) mass is 658 g/mol. The predicted octanol–water partition coefficient (Wildman–Crippen LogP) is 4.65. The van der Waals surface area contributed by atoms with Gasteiger partial charge in [-0.25, -0.2) is 4.39 Å². The van der Waals surface area contributed by atoms with Gasteiger partial charge >= 0.3 is 6.01 Å². The van der Waals surface area contributed by atoms with Crippen LogP contribution in [-0.2, 0) is 9.47 Å². The second-order valence-electron chi connectivity index (χ2n) is 13.9. The first-order valence-electron chi connectivity index (χ1n) is 16.3. The smallest absolute Gasteiger partial charge is 0.318 e. The molecule has 1 saturated carbocycles. The van der Waals surface area contributed by atoms with Crippen LogP contribution in [0.4, 0.5) is 15.2 Å². The molecule has 6 heterocycles. The Labute approximate surface area is 276 Å². The second kappa shape index (κ2) is 11.8. The summed E-state index contributed by atoms with van der Waals surface area (Å²) in [6.45, 7) is 4.90. The number of halogens is 1. The van der Waals surface area contributed by atoms with Crippen LogP contribution in [0.2, 0.25) is 0 Å². The molecule has 2 bridgehead atoms. The van der Waals surface area contributed by atoms with Gasteiger partial charge in [0, 0.05) is 47.9 Å². The first-order chi connectivity index (χ1) is 22.8. The number of thiophene rings is 1. The van der Waals surface area contributed by atoms with Crippen molar-refractivity contribution in [3.63, 3.8) is 0 Å². The second-order valence-corrected chi connectivity index (χ2v) is 14.9. The molecule has 47 heavy (non-hydrogen) atoms. The van der Waals surface area contributed by atoms with Gasteiger partial charge in [0.1, 0.15) is 29.3 Å². The molecule has 246 valence electrons. The molecule has 13 heteroatoms. The third kappa shape index (κ3) is 5.27. The lowest BCUT2D eigenvalue weighted by Crippen LogP contribution is -2.58. The van der Waals surface area contributed by atoms with Gasteiger partial charge in [-0.3, -0.25) is 9.88 Å². The number of hydrogen-bond donors (Lipinski definition) is 2. The maximum Gasteiger partial charge on any atom is 0.318 e. The number of aromatic nitrogens is 3. The number of nitrogens with two attached hydrogens (primary N) is 1. The number of nitrogens with zero attached hydrogens (tertiary/aromatic N) is 6. The minimum absolute atomic E-state index is 0.0583. The number of rotatable bonds is 10. The predicted molar refractivity (Wildman–Crippen MR) is 179 cm³/mol. The van der Waals surface area contributed by atoms with E-state index in [0.29, 0.717) is 64.6 Å². The molecule has 1 aromatic carbocycles. The third-order valence-electron chi connectivity index (χ3n) is 10.8. The highest BCUT2D eigenvalue weighted by Gasteiger charge is 2.47. The Morgan fingerprint density at radius 1 is 1.19 bits per heavy atom. The van der Waals surface area contributed by atoms with E-state index in [1.165, 1.54) is 25.3 Å². The Morgan fingerprint density at radius 3 is 2.64 bits per heavy atom. The number of pyridine rings is 1. The summed E-state index contributed by atoms with van der Waals surface area (Å²) < 4.78 is 33.1. The van der Waals surface area contributed by atoms with E-state index < -0.39 is 5.82 Å². The molecule has 3 aliphatic heterocycles. The first kappa shape index (κ1) is 30.7. The van der Waals surface area contributed by atoms with Crippen LogP contribution in [0, 0.1) is 22.6 Å². The average molecular weight is 659 g/mol. The molecule has 11 nitrogen and oxygen atoms in total. The molecule has 1 aliphatic carbocycles. The SMILES string of the molecule is CN(C)C1(CNc2nc(OCC3(CN4C5CCC4COC5)COC3)nc3cc(-c4ccc(F)c5sc(N)c(C#N)c45)ncc23)CCC1. The fourth-order valence-electron chi connectivity index (χ4n) is 7.67. The van der Waals surface area contributed by atoms with E-state index in [1.807, 2.05) is 6.07 Å². The van der Waals surface area contributed by atoms with Crippen molar-refractivity contribution in [2.45, 2.75) is 49.7 Å². The Hall–Kier alpha value is -3.67. The largest absolute Gasteiger partial charge is 0.463 e. The summed E-state index contributed by atoms with van der Waals surface area (Å²) in [6, 6.07) is 8.24. The number of fused-ring (bicyclic) bond motifs is 4. The summed E-state index contributed by atoms with van der Waals surface area (Å²) in [4.78, 5) is 19.4. The summed E-state index contributed by atoms with van der Waals surface area (Å²) in [5, 5.41) is 15.0. The van der Waals surface area contributed by atoms with Crippen LogP contribution in [-0.4, -0.2) is 103 Å². The van der Waals surface area contributed by atoms with Crippen molar-refractivity contribution in [1.82, 2.24) is 24.8 Å². The number of hydrogen-bond acceptors (Lipinski definition) is 12. The molecular formula is C34H39FN8O3S. The fraction of sp³-hybridized carbons (Fsp3) is 0.529. The van der Waals surface area contributed by atoms with E-state index >= 15 is 0 Å². The van der Waals surface area contributed by atoms with Crippen LogP contribution in [0.5, 0.6) is 6.01 Å². The van der Waals surface area contributed by atoms with Gasteiger partial charge in [0.05, 0.1) is 58.7 Å². The van der Waals surface area contributed by atoms with E-state index in [-0.39, 0.29) is 27.5 Å². The number of likely N-dealkylation sites (N-methyl/N-ethyl adjacent to an activating group) is 1. The van der Waals surface area contributed by atoms with E-state index in [4.69, 9.17) is 34.9 Å². The number of nitrogen functional groups attached to an aromatic ring is 1. The van der Waals surface area contributed by atoms with E-state index in [9.17, 15) is 9.65 Å². The topological polar surface area (TPSA) is 135 Å². The van der Waals surface area contributed by atoms with Gasteiger partial charge in [0.25, 0.3) is 0 Å². The van der Waals surface area contributed by atoms with Crippen molar-refractivity contribution < 1.29 is 18.6 Å². The number of ether oxygens (including phenoxy) is 3. The minimum atomic E-state index is -0.419. The fourth-order valence-corrected chi connectivity index (χ4v) is 8.62. The van der Waals surface area contributed by atoms with E-state index in [1.54, 1.807) is 12.3 Å². The number of nitrogens with one attached hydrogen (secondary N) is 1. The highest BCUT2D eigenvalue weighted by Crippen LogP contribution is 2.42. The number of morpholine rings is 1. The molecule has 0 radical (unpaired) electrons. The van der Waals surface area contributed by atoms with Crippen LogP contribution < -0.4 is 15.8 Å². The molecule has 4 fully saturated rings. The van der Waals surface area contributed by atoms with Crippen molar-refractivity contribution >= 4 is 43.1 Å². The van der Waals surface area contributed by atoms with E-state index in [2.05, 4.69) is 35.3 Å². The molecule has 8 rings (SSSR count). The third-order valence-corrected chi connectivity index (χ3v) is 11.8. The van der Waals surface area contributed by atoms with Crippen LogP contribution in [0.1, 0.15) is 37.7 Å².